The van der Waals surface area contributed by atoms with Gasteiger partial charge in [-0.3, -0.25) is 9.59 Å². The average Bonchev–Trinajstić information content (AvgIpc) is 3.15. The van der Waals surface area contributed by atoms with Crippen LogP contribution in [0.5, 0.6) is 0 Å². The van der Waals surface area contributed by atoms with Gasteiger partial charge >= 0.3 is 0 Å². The standard InChI is InChI=1S/C22H23BrN4O3S/c23-20-7-14-18(30-6-5-19(14)31-20)8-21(28)27-10-15(12-1-2-12)17(11-27)26-22(29)16-4-3-13(9-24)25-16/h3-4,7,12,15,17-18,25H,1-2,5-6,8,10-11H2,(H,26,29)/t15-,17+,18?/m0/s1. The Bertz CT molecular complexity index is 1050. The lowest BCUT2D eigenvalue weighted by Crippen LogP contribution is -2.41. The maximum atomic E-state index is 13.1. The molecule has 2 N–H and O–H groups in total. The lowest BCUT2D eigenvalue weighted by Gasteiger charge is -2.25. The number of hydrogen-bond acceptors (Lipinski definition) is 5. The van der Waals surface area contributed by atoms with Crippen LogP contribution < -0.4 is 5.32 Å². The molecule has 2 aromatic rings. The van der Waals surface area contributed by atoms with Gasteiger partial charge in [0.2, 0.25) is 5.91 Å². The molecule has 2 aliphatic heterocycles. The molecule has 162 valence electrons. The first-order valence-corrected chi connectivity index (χ1v) is 12.2. The molecule has 9 heteroatoms. The van der Waals surface area contributed by atoms with Crippen molar-refractivity contribution in [1.82, 2.24) is 15.2 Å². The van der Waals surface area contributed by atoms with E-state index >= 15 is 0 Å². The minimum atomic E-state index is -0.227. The van der Waals surface area contributed by atoms with Crippen LogP contribution in [-0.4, -0.2) is 47.4 Å². The van der Waals surface area contributed by atoms with Crippen molar-refractivity contribution in [2.45, 2.75) is 37.8 Å². The van der Waals surface area contributed by atoms with Gasteiger partial charge in [-0.05, 0) is 58.5 Å². The first-order valence-electron chi connectivity index (χ1n) is 10.6. The summed E-state index contributed by atoms with van der Waals surface area (Å²) in [6, 6.07) is 7.22. The summed E-state index contributed by atoms with van der Waals surface area (Å²) in [5.74, 6) is 0.687. The lowest BCUT2D eigenvalue weighted by atomic mass is 9.98. The van der Waals surface area contributed by atoms with Crippen molar-refractivity contribution in [3.8, 4) is 6.07 Å². The topological polar surface area (TPSA) is 98.2 Å². The van der Waals surface area contributed by atoms with Gasteiger partial charge in [-0.1, -0.05) is 0 Å². The molecule has 3 aliphatic rings. The lowest BCUT2D eigenvalue weighted by molar-refractivity contribution is -0.133. The maximum Gasteiger partial charge on any atom is 0.268 e. The molecule has 7 nitrogen and oxygen atoms in total. The van der Waals surface area contributed by atoms with E-state index in [-0.39, 0.29) is 29.9 Å². The Labute approximate surface area is 192 Å². The zero-order chi connectivity index (χ0) is 21.5. The molecule has 2 fully saturated rings. The molecule has 0 bridgehead atoms. The van der Waals surface area contributed by atoms with Gasteiger partial charge in [0.15, 0.2) is 0 Å². The van der Waals surface area contributed by atoms with Gasteiger partial charge in [0.05, 0.1) is 29.0 Å². The molecular formula is C22H23BrN4O3S. The van der Waals surface area contributed by atoms with Crippen molar-refractivity contribution in [2.24, 2.45) is 11.8 Å². The SMILES string of the molecule is N#Cc1ccc(C(=O)N[C@@H]2CN(C(=O)CC3OCCc4sc(Br)cc43)C[C@H]2C2CC2)[nH]1. The molecule has 2 amide bonds. The smallest absolute Gasteiger partial charge is 0.268 e. The summed E-state index contributed by atoms with van der Waals surface area (Å²) in [5, 5.41) is 12.1. The molecule has 1 aliphatic carbocycles. The van der Waals surface area contributed by atoms with Crippen LogP contribution in [0.25, 0.3) is 0 Å². The molecule has 0 aromatic carbocycles. The van der Waals surface area contributed by atoms with Crippen molar-refractivity contribution in [3.63, 3.8) is 0 Å². The number of fused-ring (bicyclic) bond motifs is 1. The predicted octanol–water partition coefficient (Wildman–Crippen LogP) is 3.38. The zero-order valence-corrected chi connectivity index (χ0v) is 19.3. The third-order valence-electron chi connectivity index (χ3n) is 6.48. The van der Waals surface area contributed by atoms with Crippen molar-refractivity contribution in [3.05, 3.63) is 43.8 Å². The number of carbonyl (C=O) groups excluding carboxylic acids is 2. The highest BCUT2D eigenvalue weighted by Gasteiger charge is 2.44. The number of H-pyrrole nitrogens is 1. The summed E-state index contributed by atoms with van der Waals surface area (Å²) in [6.45, 7) is 1.84. The van der Waals surface area contributed by atoms with Crippen molar-refractivity contribution in [1.29, 1.82) is 5.26 Å². The number of nitrogens with one attached hydrogen (secondary N) is 2. The molecule has 31 heavy (non-hydrogen) atoms. The van der Waals surface area contributed by atoms with Crippen LogP contribution in [0.4, 0.5) is 0 Å². The molecule has 3 atom stereocenters. The fraction of sp³-hybridized carbons (Fsp3) is 0.500. The number of rotatable bonds is 5. The van der Waals surface area contributed by atoms with Gasteiger partial charge in [-0.25, -0.2) is 0 Å². The van der Waals surface area contributed by atoms with E-state index in [4.69, 9.17) is 10.00 Å². The Morgan fingerprint density at radius 1 is 1.35 bits per heavy atom. The van der Waals surface area contributed by atoms with E-state index < -0.39 is 0 Å². The van der Waals surface area contributed by atoms with Gasteiger partial charge < -0.3 is 19.9 Å². The fourth-order valence-corrected chi connectivity index (χ4v) is 6.49. The van der Waals surface area contributed by atoms with Gasteiger partial charge in [0.25, 0.3) is 5.91 Å². The van der Waals surface area contributed by atoms with Crippen LogP contribution in [0.2, 0.25) is 0 Å². The Hall–Kier alpha value is -2.15. The van der Waals surface area contributed by atoms with Gasteiger partial charge in [0, 0.05) is 30.3 Å². The molecule has 1 saturated carbocycles. The number of aromatic nitrogens is 1. The van der Waals surface area contributed by atoms with E-state index in [1.165, 1.54) is 4.88 Å². The molecule has 1 unspecified atom stereocenters. The summed E-state index contributed by atoms with van der Waals surface area (Å²) in [6.07, 6.45) is 3.33. The number of carbonyl (C=O) groups is 2. The second-order valence-electron chi connectivity index (χ2n) is 8.52. The van der Waals surface area contributed by atoms with Crippen molar-refractivity contribution in [2.75, 3.05) is 19.7 Å². The molecule has 0 spiro atoms. The maximum absolute atomic E-state index is 13.1. The average molecular weight is 503 g/mol. The molecule has 2 aromatic heterocycles. The van der Waals surface area contributed by atoms with E-state index in [2.05, 4.69) is 32.3 Å². The number of amides is 2. The molecular weight excluding hydrogens is 480 g/mol. The molecule has 0 radical (unpaired) electrons. The van der Waals surface area contributed by atoms with Crippen molar-refractivity contribution < 1.29 is 14.3 Å². The van der Waals surface area contributed by atoms with E-state index in [1.807, 2.05) is 11.0 Å². The number of thiophene rings is 1. The summed E-state index contributed by atoms with van der Waals surface area (Å²) < 4.78 is 7.01. The summed E-state index contributed by atoms with van der Waals surface area (Å²) in [7, 11) is 0. The number of ether oxygens (including phenoxy) is 1. The summed E-state index contributed by atoms with van der Waals surface area (Å²) in [4.78, 5) is 31.8. The van der Waals surface area contributed by atoms with E-state index in [0.717, 1.165) is 28.6 Å². The number of nitriles is 1. The highest BCUT2D eigenvalue weighted by Crippen LogP contribution is 2.42. The highest BCUT2D eigenvalue weighted by molar-refractivity contribution is 9.11. The first-order chi connectivity index (χ1) is 15.0. The molecule has 1 saturated heterocycles. The second kappa shape index (κ2) is 8.41. The van der Waals surface area contributed by atoms with E-state index in [1.54, 1.807) is 23.5 Å². The van der Waals surface area contributed by atoms with Crippen LogP contribution in [0, 0.1) is 23.2 Å². The minimum absolute atomic E-state index is 0.0732. The number of likely N-dealkylation sites (tertiary alicyclic amines) is 1. The van der Waals surface area contributed by atoms with Gasteiger partial charge in [-0.15, -0.1) is 11.3 Å². The normalized spacial score (nSPS) is 25.2. The first kappa shape index (κ1) is 20.7. The Balaban J connectivity index is 1.25. The number of halogens is 1. The van der Waals surface area contributed by atoms with Crippen LogP contribution in [0.3, 0.4) is 0 Å². The zero-order valence-electron chi connectivity index (χ0n) is 16.9. The second-order valence-corrected chi connectivity index (χ2v) is 11.0. The minimum Gasteiger partial charge on any atom is -0.373 e. The van der Waals surface area contributed by atoms with Crippen LogP contribution in [-0.2, 0) is 16.0 Å². The molecule has 4 heterocycles. The largest absolute Gasteiger partial charge is 0.373 e. The number of nitrogens with zero attached hydrogens (tertiary/aromatic N) is 2. The van der Waals surface area contributed by atoms with E-state index in [9.17, 15) is 9.59 Å². The quantitative estimate of drug-likeness (QED) is 0.654. The Morgan fingerprint density at radius 3 is 2.94 bits per heavy atom. The van der Waals surface area contributed by atoms with Gasteiger partial charge in [0.1, 0.15) is 17.5 Å². The van der Waals surface area contributed by atoms with Gasteiger partial charge in [-0.2, -0.15) is 5.26 Å². The number of hydrogen-bond donors (Lipinski definition) is 2. The highest BCUT2D eigenvalue weighted by atomic mass is 79.9. The Morgan fingerprint density at radius 2 is 2.19 bits per heavy atom. The van der Waals surface area contributed by atoms with Crippen LogP contribution in [0.15, 0.2) is 22.0 Å². The number of aromatic amines is 1. The predicted molar refractivity (Wildman–Crippen MR) is 119 cm³/mol. The monoisotopic (exact) mass is 502 g/mol. The third-order valence-corrected chi connectivity index (χ3v) is 8.19. The fourth-order valence-electron chi connectivity index (χ4n) is 4.74. The Kier molecular flexibility index (Phi) is 5.63. The van der Waals surface area contributed by atoms with Crippen molar-refractivity contribution >= 4 is 39.1 Å². The van der Waals surface area contributed by atoms with E-state index in [0.29, 0.717) is 43.4 Å². The van der Waals surface area contributed by atoms with Crippen LogP contribution in [0.1, 0.15) is 52.0 Å². The third kappa shape index (κ3) is 4.29. The summed E-state index contributed by atoms with van der Waals surface area (Å²) in [5.41, 5.74) is 1.86. The van der Waals surface area contributed by atoms with Crippen LogP contribution >= 0.6 is 27.3 Å². The molecule has 5 rings (SSSR count). The summed E-state index contributed by atoms with van der Waals surface area (Å²) >= 11 is 5.26.